The number of benzene rings is 4. The highest BCUT2D eigenvalue weighted by molar-refractivity contribution is 6.29. The van der Waals surface area contributed by atoms with Gasteiger partial charge in [-0.25, -0.2) is 0 Å². The van der Waals surface area contributed by atoms with Crippen molar-refractivity contribution in [2.75, 3.05) is 0 Å². The van der Waals surface area contributed by atoms with Crippen LogP contribution < -0.4 is 5.43 Å². The van der Waals surface area contributed by atoms with Crippen LogP contribution in [0.25, 0.3) is 64.6 Å². The van der Waals surface area contributed by atoms with Gasteiger partial charge in [0.05, 0.1) is 0 Å². The zero-order chi connectivity index (χ0) is 22.6. The molecule has 0 amide bonds. The Hall–Kier alpha value is -4.49. The van der Waals surface area contributed by atoms with Crippen molar-refractivity contribution in [3.8, 4) is 0 Å². The average molecular weight is 433 g/mol. The van der Waals surface area contributed by atoms with E-state index in [4.69, 9.17) is 0 Å². The van der Waals surface area contributed by atoms with Gasteiger partial charge in [-0.1, -0.05) is 121 Å². The van der Waals surface area contributed by atoms with Crippen LogP contribution in [0.5, 0.6) is 0 Å². The van der Waals surface area contributed by atoms with Crippen LogP contribution in [0, 0.1) is 0 Å². The lowest BCUT2D eigenvalue weighted by Gasteiger charge is -2.01. The van der Waals surface area contributed by atoms with Crippen molar-refractivity contribution >= 4 is 64.6 Å². The van der Waals surface area contributed by atoms with Gasteiger partial charge in [-0.2, -0.15) is 0 Å². The number of hydrogen-bond acceptors (Lipinski definition) is 1. The molecular weight excluding hydrogens is 412 g/mol. The van der Waals surface area contributed by atoms with Crippen LogP contribution in [0.2, 0.25) is 0 Å². The Morgan fingerprint density at radius 1 is 0.265 bits per heavy atom. The van der Waals surface area contributed by atoms with E-state index in [0.717, 1.165) is 64.6 Å². The van der Waals surface area contributed by atoms with E-state index in [1.54, 1.807) is 0 Å². The van der Waals surface area contributed by atoms with E-state index in [-0.39, 0.29) is 5.43 Å². The number of hydrogen-bond donors (Lipinski definition) is 0. The lowest BCUT2D eigenvalue weighted by molar-refractivity contribution is 1.78. The zero-order valence-corrected chi connectivity index (χ0v) is 18.5. The summed E-state index contributed by atoms with van der Waals surface area (Å²) in [5.74, 6) is 0. The summed E-state index contributed by atoms with van der Waals surface area (Å²) >= 11 is 0. The van der Waals surface area contributed by atoms with Crippen LogP contribution in [0.1, 0.15) is 0 Å². The Balaban J connectivity index is 1.90. The topological polar surface area (TPSA) is 17.1 Å². The number of rotatable bonds is 0. The average Bonchev–Trinajstić information content (AvgIpc) is 3.17. The minimum absolute atomic E-state index is 0.0823. The fraction of sp³-hybridized carbons (Fsp3) is 0. The molecule has 1 heteroatoms. The first-order valence-electron chi connectivity index (χ1n) is 11.6. The molecular formula is C33H20O. The Morgan fingerprint density at radius 3 is 0.735 bits per heavy atom. The van der Waals surface area contributed by atoms with Gasteiger partial charge in [-0.3, -0.25) is 4.79 Å². The van der Waals surface area contributed by atoms with Crippen LogP contribution in [0.15, 0.2) is 126 Å². The molecule has 0 spiro atoms. The lowest BCUT2D eigenvalue weighted by atomic mass is 10.0. The van der Waals surface area contributed by atoms with E-state index in [9.17, 15) is 4.79 Å². The minimum atomic E-state index is 0.0823. The van der Waals surface area contributed by atoms with Gasteiger partial charge < -0.3 is 0 Å². The molecule has 0 fully saturated rings. The van der Waals surface area contributed by atoms with Gasteiger partial charge in [0.2, 0.25) is 0 Å². The first-order valence-corrected chi connectivity index (χ1v) is 11.6. The molecule has 0 saturated carbocycles. The molecule has 158 valence electrons. The van der Waals surface area contributed by atoms with Crippen molar-refractivity contribution in [3.63, 3.8) is 0 Å². The van der Waals surface area contributed by atoms with E-state index >= 15 is 0 Å². The third-order valence-corrected chi connectivity index (χ3v) is 6.94. The Kier molecular flexibility index (Phi) is 4.06. The third-order valence-electron chi connectivity index (χ3n) is 6.94. The van der Waals surface area contributed by atoms with Gasteiger partial charge in [0.25, 0.3) is 0 Å². The molecule has 0 atom stereocenters. The van der Waals surface area contributed by atoms with Crippen LogP contribution >= 0.6 is 0 Å². The molecule has 34 heavy (non-hydrogen) atoms. The molecule has 13 aromatic carbocycles. The van der Waals surface area contributed by atoms with Crippen molar-refractivity contribution < 1.29 is 0 Å². The predicted molar refractivity (Wildman–Crippen MR) is 147 cm³/mol. The SMILES string of the molecule is O=c1c2c3ccc(ccc4ccc(cc4)c2c2c4ccc(ccc5ccc(cc5)c12)cc4)cc3. The summed E-state index contributed by atoms with van der Waals surface area (Å²) in [5, 5.41) is 12.1. The van der Waals surface area contributed by atoms with Gasteiger partial charge in [0.1, 0.15) is 0 Å². The quantitative estimate of drug-likeness (QED) is 0.235. The second kappa shape index (κ2) is 7.26. The van der Waals surface area contributed by atoms with Gasteiger partial charge in [0, 0.05) is 21.5 Å². The summed E-state index contributed by atoms with van der Waals surface area (Å²) in [6.07, 6.45) is 0. The van der Waals surface area contributed by atoms with Crippen molar-refractivity contribution in [1.29, 1.82) is 0 Å². The van der Waals surface area contributed by atoms with E-state index in [0.29, 0.717) is 0 Å². The molecule has 1 nitrogen and oxygen atoms in total. The maximum absolute atomic E-state index is 14.3. The molecule has 13 aromatic rings. The highest BCUT2D eigenvalue weighted by Crippen LogP contribution is 2.34. The Morgan fingerprint density at radius 2 is 0.471 bits per heavy atom. The summed E-state index contributed by atoms with van der Waals surface area (Å²) in [6.45, 7) is 0. The largest absolute Gasteiger partial charge is 0.289 e. The second-order valence-electron chi connectivity index (χ2n) is 8.98. The standard InChI is InChI=1S/C33H20O/c34-33-31-27-17-9-23(10-18-27)3-1-21-5-13-25(14-6-21)29(31)30-26-15-7-22(8-16-26)2-4-24-11-19-28(20-12-24)32(30)33/h1-20H. The van der Waals surface area contributed by atoms with Crippen LogP contribution in [0.4, 0.5) is 0 Å². The normalized spacial score (nSPS) is 11.6. The predicted octanol–water partition coefficient (Wildman–Crippen LogP) is 8.53. The zero-order valence-electron chi connectivity index (χ0n) is 18.5. The maximum atomic E-state index is 14.3. The summed E-state index contributed by atoms with van der Waals surface area (Å²) in [4.78, 5) is 14.3. The summed E-state index contributed by atoms with van der Waals surface area (Å²) < 4.78 is 0. The van der Waals surface area contributed by atoms with E-state index < -0.39 is 0 Å². The van der Waals surface area contributed by atoms with Crippen LogP contribution in [-0.4, -0.2) is 0 Å². The second-order valence-corrected chi connectivity index (χ2v) is 8.98. The van der Waals surface area contributed by atoms with Crippen molar-refractivity contribution in [2.24, 2.45) is 0 Å². The molecule has 0 aliphatic rings. The van der Waals surface area contributed by atoms with Crippen LogP contribution in [0.3, 0.4) is 0 Å². The van der Waals surface area contributed by atoms with E-state index in [1.807, 2.05) is 0 Å². The van der Waals surface area contributed by atoms with Gasteiger partial charge in [0.15, 0.2) is 5.43 Å². The first-order chi connectivity index (χ1) is 16.7. The third kappa shape index (κ3) is 2.91. The lowest BCUT2D eigenvalue weighted by Crippen LogP contribution is -1.94. The molecule has 0 N–H and O–H groups in total. The highest BCUT2D eigenvalue weighted by atomic mass is 16.1. The van der Waals surface area contributed by atoms with Crippen molar-refractivity contribution in [3.05, 3.63) is 132 Å². The summed E-state index contributed by atoms with van der Waals surface area (Å²) in [5.41, 5.74) is 0.0823. The summed E-state index contributed by atoms with van der Waals surface area (Å²) in [6, 6.07) is 42.2. The maximum Gasteiger partial charge on any atom is 0.195 e. The summed E-state index contributed by atoms with van der Waals surface area (Å²) in [7, 11) is 0. The molecule has 0 aliphatic heterocycles. The first kappa shape index (κ1) is 19.0. The minimum Gasteiger partial charge on any atom is -0.289 e. The molecule has 8 bridgehead atoms. The van der Waals surface area contributed by atoms with Gasteiger partial charge in [-0.15, -0.1) is 0 Å². The molecule has 0 aromatic heterocycles. The fourth-order valence-corrected chi connectivity index (χ4v) is 5.16. The van der Waals surface area contributed by atoms with E-state index in [1.165, 1.54) is 0 Å². The Bertz CT molecular complexity index is 1810. The van der Waals surface area contributed by atoms with Crippen LogP contribution in [-0.2, 0) is 0 Å². The molecule has 0 aliphatic carbocycles. The molecule has 0 radical (unpaired) electrons. The van der Waals surface area contributed by atoms with Gasteiger partial charge in [-0.05, 0) is 43.1 Å². The fourth-order valence-electron chi connectivity index (χ4n) is 5.16. The molecule has 13 rings (SSSR count). The van der Waals surface area contributed by atoms with Crippen molar-refractivity contribution in [1.82, 2.24) is 0 Å². The monoisotopic (exact) mass is 432 g/mol. The molecule has 0 heterocycles. The Labute approximate surface area is 196 Å². The molecule has 0 unspecified atom stereocenters. The van der Waals surface area contributed by atoms with Gasteiger partial charge >= 0.3 is 0 Å². The molecule has 0 saturated heterocycles. The highest BCUT2D eigenvalue weighted by Gasteiger charge is 2.14. The van der Waals surface area contributed by atoms with E-state index in [2.05, 4.69) is 121 Å². The smallest absolute Gasteiger partial charge is 0.195 e. The van der Waals surface area contributed by atoms with Crippen molar-refractivity contribution in [2.45, 2.75) is 0 Å².